The van der Waals surface area contributed by atoms with Gasteiger partial charge in [0.05, 0.1) is 0 Å². The quantitative estimate of drug-likeness (QED) is 0.854. The van der Waals surface area contributed by atoms with Crippen molar-refractivity contribution in [2.75, 3.05) is 0 Å². The number of hydrogen-bond acceptors (Lipinski definition) is 2. The summed E-state index contributed by atoms with van der Waals surface area (Å²) in [5, 5.41) is 8.68. The molecule has 0 aliphatic rings. The predicted octanol–water partition coefficient (Wildman–Crippen LogP) is 1.26. The van der Waals surface area contributed by atoms with E-state index in [-0.39, 0.29) is 5.56 Å². The summed E-state index contributed by atoms with van der Waals surface area (Å²) in [6.45, 7) is 1.45. The van der Waals surface area contributed by atoms with E-state index in [1.807, 2.05) is 0 Å². The fourth-order valence-electron chi connectivity index (χ4n) is 0.898. The highest BCUT2D eigenvalue weighted by Crippen LogP contribution is 2.09. The number of rotatable bonds is 2. The molecule has 1 heterocycles. The SMILES string of the molecule is C[C@H](C(=O)O)n1cc(Br)ccc1=O. The smallest absolute Gasteiger partial charge is 0.326 e. The third-order valence-corrected chi connectivity index (χ3v) is 2.15. The van der Waals surface area contributed by atoms with Crippen LogP contribution in [0.5, 0.6) is 0 Å². The van der Waals surface area contributed by atoms with Gasteiger partial charge in [0.2, 0.25) is 0 Å². The van der Waals surface area contributed by atoms with E-state index < -0.39 is 12.0 Å². The van der Waals surface area contributed by atoms with Crippen molar-refractivity contribution >= 4 is 21.9 Å². The minimum absolute atomic E-state index is 0.321. The molecule has 0 saturated carbocycles. The van der Waals surface area contributed by atoms with Crippen LogP contribution in [-0.4, -0.2) is 15.6 Å². The van der Waals surface area contributed by atoms with Gasteiger partial charge in [-0.2, -0.15) is 0 Å². The van der Waals surface area contributed by atoms with Gasteiger partial charge >= 0.3 is 5.97 Å². The first-order valence-corrected chi connectivity index (χ1v) is 4.42. The fraction of sp³-hybridized carbons (Fsp3) is 0.250. The van der Waals surface area contributed by atoms with Gasteiger partial charge in [-0.05, 0) is 28.9 Å². The van der Waals surface area contributed by atoms with Crippen LogP contribution in [0, 0.1) is 0 Å². The van der Waals surface area contributed by atoms with Crippen LogP contribution >= 0.6 is 15.9 Å². The molecule has 1 N–H and O–H groups in total. The number of nitrogens with zero attached hydrogens (tertiary/aromatic N) is 1. The zero-order valence-corrected chi connectivity index (χ0v) is 8.48. The molecule has 0 aliphatic heterocycles. The Bertz CT molecular complexity index is 385. The Kier molecular flexibility index (Phi) is 2.87. The van der Waals surface area contributed by atoms with E-state index in [9.17, 15) is 9.59 Å². The maximum Gasteiger partial charge on any atom is 0.326 e. The van der Waals surface area contributed by atoms with Gasteiger partial charge in [0.1, 0.15) is 6.04 Å². The van der Waals surface area contributed by atoms with Crippen LogP contribution in [0.15, 0.2) is 27.6 Å². The molecule has 0 unspecified atom stereocenters. The standard InChI is InChI=1S/C8H8BrNO3/c1-5(8(12)13)10-4-6(9)2-3-7(10)11/h2-5H,1H3,(H,12,13)/t5-/m1/s1. The van der Waals surface area contributed by atoms with Gasteiger partial charge in [-0.1, -0.05) is 0 Å². The molecule has 1 aromatic heterocycles. The van der Waals surface area contributed by atoms with Crippen molar-refractivity contribution in [2.45, 2.75) is 13.0 Å². The van der Waals surface area contributed by atoms with Crippen LogP contribution in [0.4, 0.5) is 0 Å². The summed E-state index contributed by atoms with van der Waals surface area (Å²) in [5.74, 6) is -1.03. The molecule has 0 radical (unpaired) electrons. The lowest BCUT2D eigenvalue weighted by molar-refractivity contribution is -0.140. The average molecular weight is 246 g/mol. The molecule has 1 atom stereocenters. The van der Waals surface area contributed by atoms with Crippen molar-refractivity contribution in [2.24, 2.45) is 0 Å². The summed E-state index contributed by atoms with van der Waals surface area (Å²) in [7, 11) is 0. The monoisotopic (exact) mass is 245 g/mol. The Morgan fingerprint density at radius 3 is 2.77 bits per heavy atom. The third kappa shape index (κ3) is 2.18. The number of carbonyl (C=O) groups is 1. The number of pyridine rings is 1. The summed E-state index contributed by atoms with van der Waals surface area (Å²) >= 11 is 3.16. The second-order valence-electron chi connectivity index (χ2n) is 2.61. The molecule has 0 amide bonds. The van der Waals surface area contributed by atoms with Gasteiger partial charge < -0.3 is 9.67 Å². The van der Waals surface area contributed by atoms with Crippen molar-refractivity contribution in [3.05, 3.63) is 33.2 Å². The Morgan fingerprint density at radius 2 is 2.23 bits per heavy atom. The second kappa shape index (κ2) is 3.74. The summed E-state index contributed by atoms with van der Waals surface area (Å²) in [5.41, 5.74) is -0.321. The summed E-state index contributed by atoms with van der Waals surface area (Å²) < 4.78 is 1.84. The molecule has 0 saturated heterocycles. The molecule has 5 heteroatoms. The van der Waals surface area contributed by atoms with Gasteiger partial charge in [0.15, 0.2) is 0 Å². The molecular formula is C8H8BrNO3. The Morgan fingerprint density at radius 1 is 1.62 bits per heavy atom. The zero-order chi connectivity index (χ0) is 10.0. The molecule has 13 heavy (non-hydrogen) atoms. The highest BCUT2D eigenvalue weighted by molar-refractivity contribution is 9.10. The Balaban J connectivity index is 3.21. The molecule has 0 aromatic carbocycles. The molecule has 0 fully saturated rings. The topological polar surface area (TPSA) is 59.3 Å². The maximum atomic E-state index is 11.2. The van der Waals surface area contributed by atoms with E-state index in [2.05, 4.69) is 15.9 Å². The van der Waals surface area contributed by atoms with Crippen molar-refractivity contribution < 1.29 is 9.90 Å². The van der Waals surface area contributed by atoms with E-state index >= 15 is 0 Å². The Labute approximate surface area is 82.9 Å². The van der Waals surface area contributed by atoms with Gasteiger partial charge in [-0.3, -0.25) is 4.79 Å². The zero-order valence-electron chi connectivity index (χ0n) is 6.90. The van der Waals surface area contributed by atoms with Crippen molar-refractivity contribution in [1.29, 1.82) is 0 Å². The van der Waals surface area contributed by atoms with E-state index in [1.54, 1.807) is 6.07 Å². The number of aliphatic carboxylic acids is 1. The minimum atomic E-state index is -1.03. The van der Waals surface area contributed by atoms with E-state index in [4.69, 9.17) is 5.11 Å². The van der Waals surface area contributed by atoms with Gasteiger partial charge in [0, 0.05) is 16.7 Å². The molecule has 1 aromatic rings. The number of halogens is 1. The lowest BCUT2D eigenvalue weighted by atomic mass is 10.3. The van der Waals surface area contributed by atoms with Crippen LogP contribution in [0.1, 0.15) is 13.0 Å². The third-order valence-electron chi connectivity index (χ3n) is 1.68. The molecule has 4 nitrogen and oxygen atoms in total. The molecule has 0 aliphatic carbocycles. The first-order valence-electron chi connectivity index (χ1n) is 3.63. The normalized spacial score (nSPS) is 12.5. The molecule has 70 valence electrons. The van der Waals surface area contributed by atoms with Gasteiger partial charge in [-0.25, -0.2) is 4.79 Å². The average Bonchev–Trinajstić information content (AvgIpc) is 2.08. The first-order chi connectivity index (χ1) is 6.02. The second-order valence-corrected chi connectivity index (χ2v) is 3.52. The molecule has 1 rings (SSSR count). The number of carboxylic acid groups (broad SMARTS) is 1. The van der Waals surface area contributed by atoms with Crippen LogP contribution in [-0.2, 0) is 4.79 Å². The lowest BCUT2D eigenvalue weighted by Crippen LogP contribution is -2.26. The fourth-order valence-corrected chi connectivity index (χ4v) is 1.25. The lowest BCUT2D eigenvalue weighted by Gasteiger charge is -2.09. The highest BCUT2D eigenvalue weighted by Gasteiger charge is 2.13. The molecule has 0 spiro atoms. The highest BCUT2D eigenvalue weighted by atomic mass is 79.9. The maximum absolute atomic E-state index is 11.2. The Hall–Kier alpha value is -1.10. The van der Waals surface area contributed by atoms with Crippen LogP contribution in [0.3, 0.4) is 0 Å². The number of aromatic nitrogens is 1. The minimum Gasteiger partial charge on any atom is -0.480 e. The summed E-state index contributed by atoms with van der Waals surface area (Å²) in [6, 6.07) is 2.06. The van der Waals surface area contributed by atoms with Crippen LogP contribution < -0.4 is 5.56 Å². The first kappa shape index (κ1) is 9.98. The van der Waals surface area contributed by atoms with Crippen LogP contribution in [0.25, 0.3) is 0 Å². The van der Waals surface area contributed by atoms with Crippen molar-refractivity contribution in [3.63, 3.8) is 0 Å². The van der Waals surface area contributed by atoms with Crippen molar-refractivity contribution in [3.8, 4) is 0 Å². The number of hydrogen-bond donors (Lipinski definition) is 1. The van der Waals surface area contributed by atoms with E-state index in [0.717, 1.165) is 4.57 Å². The predicted molar refractivity (Wildman–Crippen MR) is 50.7 cm³/mol. The van der Waals surface area contributed by atoms with Crippen LogP contribution in [0.2, 0.25) is 0 Å². The summed E-state index contributed by atoms with van der Waals surface area (Å²) in [4.78, 5) is 21.8. The largest absolute Gasteiger partial charge is 0.480 e. The van der Waals surface area contributed by atoms with Gasteiger partial charge in [-0.15, -0.1) is 0 Å². The van der Waals surface area contributed by atoms with Crippen molar-refractivity contribution in [1.82, 2.24) is 4.57 Å². The molecular weight excluding hydrogens is 238 g/mol. The molecule has 0 bridgehead atoms. The van der Waals surface area contributed by atoms with Gasteiger partial charge in [0.25, 0.3) is 5.56 Å². The van der Waals surface area contributed by atoms with E-state index in [1.165, 1.54) is 19.2 Å². The van der Waals surface area contributed by atoms with E-state index in [0.29, 0.717) is 4.47 Å². The number of carboxylic acids is 1. The summed E-state index contributed by atoms with van der Waals surface area (Å²) in [6.07, 6.45) is 1.46.